The van der Waals surface area contributed by atoms with E-state index in [1.165, 1.54) is 33.6 Å². The summed E-state index contributed by atoms with van der Waals surface area (Å²) in [5.41, 5.74) is 6.09. The van der Waals surface area contributed by atoms with Crippen LogP contribution in [0, 0.1) is 6.92 Å². The molecule has 0 aliphatic carbocycles. The molecule has 2 unspecified atom stereocenters. The van der Waals surface area contributed by atoms with Gasteiger partial charge < -0.3 is 14.7 Å². The van der Waals surface area contributed by atoms with Crippen LogP contribution in [0.15, 0.2) is 69.3 Å². The van der Waals surface area contributed by atoms with Gasteiger partial charge in [0.1, 0.15) is 15.6 Å². The molecule has 2 aliphatic heterocycles. The minimum absolute atomic E-state index is 0.0147. The summed E-state index contributed by atoms with van der Waals surface area (Å²) in [6, 6.07) is 18.8. The summed E-state index contributed by atoms with van der Waals surface area (Å²) in [6.07, 6.45) is 0. The standard InChI is InChI=1S/C25H27N3O3S3/c1-15-6-12-20-22(23(15)34(29,30)31)33-25(28(20)5)17-9-13-19-21(14-17)32-24(27(19)4)16-7-10-18(11-8-16)26(2)3/h6-14,24-25H,1-5H3,(H,29,30,31). The molecule has 2 heterocycles. The predicted octanol–water partition coefficient (Wildman–Crippen LogP) is 5.79. The molecule has 178 valence electrons. The predicted molar refractivity (Wildman–Crippen MR) is 142 cm³/mol. The monoisotopic (exact) mass is 513 g/mol. The number of nitrogens with zero attached hydrogens (tertiary/aromatic N) is 3. The summed E-state index contributed by atoms with van der Waals surface area (Å²) < 4.78 is 34.0. The highest BCUT2D eigenvalue weighted by atomic mass is 32.2. The Labute approximate surface area is 209 Å². The molecule has 0 radical (unpaired) electrons. The fourth-order valence-corrected chi connectivity index (χ4v) is 8.59. The third-order valence-electron chi connectivity index (χ3n) is 6.44. The van der Waals surface area contributed by atoms with E-state index in [4.69, 9.17) is 0 Å². The molecule has 2 atom stereocenters. The van der Waals surface area contributed by atoms with E-state index in [-0.39, 0.29) is 15.6 Å². The van der Waals surface area contributed by atoms with Crippen LogP contribution in [0.3, 0.4) is 0 Å². The average molecular weight is 514 g/mol. The molecule has 0 bridgehead atoms. The summed E-state index contributed by atoms with van der Waals surface area (Å²) in [5, 5.41) is 0.119. The molecule has 0 aromatic heterocycles. The van der Waals surface area contributed by atoms with Gasteiger partial charge in [0.05, 0.1) is 16.3 Å². The number of fused-ring (bicyclic) bond motifs is 2. The molecule has 0 saturated carbocycles. The molecule has 34 heavy (non-hydrogen) atoms. The second-order valence-electron chi connectivity index (χ2n) is 8.91. The first-order valence-corrected chi connectivity index (χ1v) is 14.1. The van der Waals surface area contributed by atoms with Crippen LogP contribution in [-0.4, -0.2) is 41.2 Å². The van der Waals surface area contributed by atoms with Crippen LogP contribution in [0.1, 0.15) is 27.4 Å². The van der Waals surface area contributed by atoms with Crippen molar-refractivity contribution in [3.63, 3.8) is 0 Å². The first-order valence-electron chi connectivity index (χ1n) is 10.9. The van der Waals surface area contributed by atoms with E-state index < -0.39 is 10.1 Å². The van der Waals surface area contributed by atoms with Gasteiger partial charge in [0, 0.05) is 38.8 Å². The largest absolute Gasteiger partial charge is 0.378 e. The molecule has 3 aromatic rings. The number of aryl methyl sites for hydroxylation is 1. The van der Waals surface area contributed by atoms with Crippen molar-refractivity contribution < 1.29 is 13.0 Å². The van der Waals surface area contributed by atoms with Crippen LogP contribution < -0.4 is 14.7 Å². The zero-order valence-electron chi connectivity index (χ0n) is 19.7. The van der Waals surface area contributed by atoms with Crippen molar-refractivity contribution in [3.8, 4) is 0 Å². The Kier molecular flexibility index (Phi) is 5.79. The van der Waals surface area contributed by atoms with Crippen LogP contribution in [0.5, 0.6) is 0 Å². The van der Waals surface area contributed by atoms with E-state index in [0.717, 1.165) is 11.3 Å². The van der Waals surface area contributed by atoms with Gasteiger partial charge in [-0.1, -0.05) is 47.8 Å². The summed E-state index contributed by atoms with van der Waals surface area (Å²) in [5.74, 6) is 0. The van der Waals surface area contributed by atoms with Crippen molar-refractivity contribution in [1.29, 1.82) is 0 Å². The Morgan fingerprint density at radius 1 is 0.853 bits per heavy atom. The second-order valence-corrected chi connectivity index (χ2v) is 12.5. The van der Waals surface area contributed by atoms with Crippen molar-refractivity contribution in [1.82, 2.24) is 0 Å². The maximum Gasteiger partial charge on any atom is 0.295 e. The van der Waals surface area contributed by atoms with Crippen LogP contribution in [-0.2, 0) is 10.1 Å². The molecular formula is C25H27N3O3S3. The molecule has 2 aliphatic rings. The second kappa shape index (κ2) is 8.41. The molecule has 0 amide bonds. The van der Waals surface area contributed by atoms with Gasteiger partial charge in [-0.05, 0) is 53.9 Å². The Morgan fingerprint density at radius 3 is 2.09 bits per heavy atom. The third-order valence-corrected chi connectivity index (χ3v) is 10.5. The minimum Gasteiger partial charge on any atom is -0.378 e. The lowest BCUT2D eigenvalue weighted by Gasteiger charge is -2.23. The first-order chi connectivity index (χ1) is 16.1. The van der Waals surface area contributed by atoms with Gasteiger partial charge in [0.15, 0.2) is 0 Å². The fourth-order valence-electron chi connectivity index (χ4n) is 4.60. The Bertz CT molecular complexity index is 1370. The van der Waals surface area contributed by atoms with Gasteiger partial charge in [-0.25, -0.2) is 0 Å². The molecule has 0 spiro atoms. The average Bonchev–Trinajstić information content (AvgIpc) is 3.29. The molecule has 5 rings (SSSR count). The van der Waals surface area contributed by atoms with Gasteiger partial charge in [0.2, 0.25) is 0 Å². The Balaban J connectivity index is 1.45. The van der Waals surface area contributed by atoms with Crippen molar-refractivity contribution in [2.24, 2.45) is 0 Å². The number of anilines is 3. The zero-order chi connectivity index (χ0) is 24.4. The topological polar surface area (TPSA) is 64.1 Å². The minimum atomic E-state index is -4.31. The van der Waals surface area contributed by atoms with E-state index in [0.29, 0.717) is 10.5 Å². The van der Waals surface area contributed by atoms with Crippen molar-refractivity contribution in [2.45, 2.75) is 32.4 Å². The summed E-state index contributed by atoms with van der Waals surface area (Å²) in [4.78, 5) is 8.31. The van der Waals surface area contributed by atoms with Gasteiger partial charge in [0.25, 0.3) is 10.1 Å². The van der Waals surface area contributed by atoms with Gasteiger partial charge >= 0.3 is 0 Å². The molecular weight excluding hydrogens is 486 g/mol. The quantitative estimate of drug-likeness (QED) is 0.440. The zero-order valence-corrected chi connectivity index (χ0v) is 22.1. The van der Waals surface area contributed by atoms with E-state index in [2.05, 4.69) is 64.2 Å². The van der Waals surface area contributed by atoms with E-state index in [1.807, 2.05) is 39.0 Å². The van der Waals surface area contributed by atoms with Crippen LogP contribution in [0.25, 0.3) is 0 Å². The highest BCUT2D eigenvalue weighted by Gasteiger charge is 2.36. The molecule has 0 saturated heterocycles. The molecule has 0 fully saturated rings. The Hall–Kier alpha value is -2.33. The van der Waals surface area contributed by atoms with Crippen molar-refractivity contribution in [3.05, 3.63) is 71.3 Å². The molecule has 6 nitrogen and oxygen atoms in total. The normalized spacial score (nSPS) is 19.4. The van der Waals surface area contributed by atoms with Crippen LogP contribution in [0.2, 0.25) is 0 Å². The fraction of sp³-hybridized carbons (Fsp3) is 0.280. The smallest absolute Gasteiger partial charge is 0.295 e. The number of benzene rings is 3. The maximum absolute atomic E-state index is 12.1. The third kappa shape index (κ3) is 3.84. The molecule has 1 N–H and O–H groups in total. The number of hydrogen-bond donors (Lipinski definition) is 1. The van der Waals surface area contributed by atoms with Gasteiger partial charge in [-0.2, -0.15) is 8.42 Å². The van der Waals surface area contributed by atoms with E-state index >= 15 is 0 Å². The first kappa shape index (κ1) is 23.4. The lowest BCUT2D eigenvalue weighted by Crippen LogP contribution is -2.18. The SMILES string of the molecule is Cc1ccc2c(c1S(=O)(=O)O)SC(c1ccc3c(c1)SC(c1ccc(N(C)C)cc1)N3C)N2C. The van der Waals surface area contributed by atoms with Crippen LogP contribution >= 0.6 is 23.5 Å². The van der Waals surface area contributed by atoms with E-state index in [1.54, 1.807) is 13.0 Å². The highest BCUT2D eigenvalue weighted by molar-refractivity contribution is 8.01. The number of rotatable bonds is 4. The summed E-state index contributed by atoms with van der Waals surface area (Å²) >= 11 is 3.30. The summed E-state index contributed by atoms with van der Waals surface area (Å²) in [7, 11) is 3.86. The number of hydrogen-bond acceptors (Lipinski definition) is 7. The van der Waals surface area contributed by atoms with Gasteiger partial charge in [-0.15, -0.1) is 0 Å². The number of thioether (sulfide) groups is 2. The lowest BCUT2D eigenvalue weighted by atomic mass is 10.1. The molecule has 3 aromatic carbocycles. The maximum atomic E-state index is 12.1. The molecule has 9 heteroatoms. The highest BCUT2D eigenvalue weighted by Crippen LogP contribution is 2.56. The van der Waals surface area contributed by atoms with Crippen molar-refractivity contribution in [2.75, 3.05) is 42.9 Å². The van der Waals surface area contributed by atoms with Crippen molar-refractivity contribution >= 4 is 50.7 Å². The lowest BCUT2D eigenvalue weighted by molar-refractivity contribution is 0.480. The van der Waals surface area contributed by atoms with Gasteiger partial charge in [-0.3, -0.25) is 4.55 Å². The van der Waals surface area contributed by atoms with Crippen LogP contribution in [0.4, 0.5) is 17.1 Å². The Morgan fingerprint density at radius 2 is 1.44 bits per heavy atom. The summed E-state index contributed by atoms with van der Waals surface area (Å²) in [6.45, 7) is 1.71. The van der Waals surface area contributed by atoms with E-state index in [9.17, 15) is 13.0 Å².